The fraction of sp³-hybridized carbons (Fsp3) is 0.300. The minimum atomic E-state index is -0.927. The Hall–Kier alpha value is -4.02. The molecule has 1 N–H and O–H groups in total. The molecule has 0 aliphatic carbocycles. The number of nitrogens with one attached hydrogen (secondary N) is 1. The van der Waals surface area contributed by atoms with E-state index in [0.29, 0.717) is 34.1 Å². The molecule has 11 nitrogen and oxygen atoms in total. The van der Waals surface area contributed by atoms with Gasteiger partial charge in [0, 0.05) is 31.2 Å². The zero-order valence-electron chi connectivity index (χ0n) is 17.7. The number of hydrogen-bond donors (Lipinski definition) is 1. The molecule has 1 aliphatic rings. The lowest BCUT2D eigenvalue weighted by atomic mass is 10.1. The Balaban J connectivity index is 2.04. The van der Waals surface area contributed by atoms with E-state index >= 15 is 0 Å². The summed E-state index contributed by atoms with van der Waals surface area (Å²) in [6.45, 7) is 1.34. The van der Waals surface area contributed by atoms with Gasteiger partial charge in [0.15, 0.2) is 11.5 Å². The Labute approximate surface area is 178 Å². The van der Waals surface area contributed by atoms with E-state index in [-0.39, 0.29) is 17.5 Å². The van der Waals surface area contributed by atoms with Gasteiger partial charge >= 0.3 is 0 Å². The summed E-state index contributed by atoms with van der Waals surface area (Å²) < 4.78 is 22.0. The van der Waals surface area contributed by atoms with Crippen molar-refractivity contribution in [3.63, 3.8) is 0 Å². The number of nitro groups is 1. The van der Waals surface area contributed by atoms with E-state index in [1.54, 1.807) is 31.3 Å². The van der Waals surface area contributed by atoms with Crippen LogP contribution in [0.2, 0.25) is 0 Å². The summed E-state index contributed by atoms with van der Waals surface area (Å²) in [5.74, 6) is 0.841. The molecular formula is C20H22N4O7. The van der Waals surface area contributed by atoms with Gasteiger partial charge in [0.05, 0.1) is 26.3 Å². The van der Waals surface area contributed by atoms with Gasteiger partial charge in [0.1, 0.15) is 5.69 Å². The van der Waals surface area contributed by atoms with E-state index in [1.807, 2.05) is 0 Å². The highest BCUT2D eigenvalue weighted by Crippen LogP contribution is 2.42. The number of anilines is 1. The van der Waals surface area contributed by atoms with Crippen LogP contribution >= 0.6 is 0 Å². The number of rotatable bonds is 7. The zero-order chi connectivity index (χ0) is 22.7. The third kappa shape index (κ3) is 4.02. The molecule has 0 bridgehead atoms. The summed E-state index contributed by atoms with van der Waals surface area (Å²) in [5, 5.41) is 19.5. The first-order valence-electron chi connectivity index (χ1n) is 9.16. The Kier molecular flexibility index (Phi) is 6.14. The predicted molar refractivity (Wildman–Crippen MR) is 112 cm³/mol. The van der Waals surface area contributed by atoms with Crippen molar-refractivity contribution < 1.29 is 28.7 Å². The lowest BCUT2D eigenvalue weighted by Gasteiger charge is -2.21. The lowest BCUT2D eigenvalue weighted by Crippen LogP contribution is -2.25. The van der Waals surface area contributed by atoms with Gasteiger partial charge in [-0.25, -0.2) is 0 Å². The second-order valence-electron chi connectivity index (χ2n) is 6.44. The highest BCUT2D eigenvalue weighted by atomic mass is 16.6. The van der Waals surface area contributed by atoms with Gasteiger partial charge in [-0.1, -0.05) is 0 Å². The average Bonchev–Trinajstić information content (AvgIpc) is 3.23. The number of methoxy groups -OCH3 is 3. The molecule has 3 rings (SSSR count). The molecule has 164 valence electrons. The Morgan fingerprint density at radius 1 is 1.16 bits per heavy atom. The first-order chi connectivity index (χ1) is 14.8. The monoisotopic (exact) mass is 430 g/mol. The number of nitrogens with zero attached hydrogens (tertiary/aromatic N) is 3. The van der Waals surface area contributed by atoms with Crippen molar-refractivity contribution in [2.75, 3.05) is 33.7 Å². The molecule has 2 aromatic rings. The molecule has 31 heavy (non-hydrogen) atoms. The smallest absolute Gasteiger partial charge is 0.293 e. The van der Waals surface area contributed by atoms with Crippen molar-refractivity contribution in [1.82, 2.24) is 5.01 Å². The molecule has 0 aromatic heterocycles. The van der Waals surface area contributed by atoms with Crippen LogP contribution in [0.1, 0.15) is 24.3 Å². The largest absolute Gasteiger partial charge is 0.493 e. The maximum absolute atomic E-state index is 12.2. The summed E-state index contributed by atoms with van der Waals surface area (Å²) in [6.07, 6.45) is -0.927. The Morgan fingerprint density at radius 2 is 1.81 bits per heavy atom. The van der Waals surface area contributed by atoms with Crippen molar-refractivity contribution in [3.05, 3.63) is 51.6 Å². The summed E-state index contributed by atoms with van der Waals surface area (Å²) in [4.78, 5) is 23.1. The third-order valence-electron chi connectivity index (χ3n) is 4.65. The summed E-state index contributed by atoms with van der Waals surface area (Å²) >= 11 is 0. The van der Waals surface area contributed by atoms with E-state index in [1.165, 1.54) is 34.3 Å². The Bertz CT molecular complexity index is 1030. The van der Waals surface area contributed by atoms with Crippen LogP contribution in [-0.4, -0.2) is 50.1 Å². The van der Waals surface area contributed by atoms with Gasteiger partial charge in [-0.05, 0) is 24.3 Å². The topological polar surface area (TPSA) is 125 Å². The Morgan fingerprint density at radius 3 is 2.29 bits per heavy atom. The van der Waals surface area contributed by atoms with E-state index in [4.69, 9.17) is 18.9 Å². The number of benzene rings is 2. The van der Waals surface area contributed by atoms with Crippen LogP contribution < -0.4 is 19.5 Å². The van der Waals surface area contributed by atoms with Crippen LogP contribution in [0.3, 0.4) is 0 Å². The van der Waals surface area contributed by atoms with Crippen LogP contribution in [0, 0.1) is 10.1 Å². The highest BCUT2D eigenvalue weighted by molar-refractivity contribution is 5.97. The molecule has 1 aliphatic heterocycles. The SMILES string of the molecule is CNc1ccc(C2=NN(C(C)=O)C(c3cc(OC)c(OC)c(OC)c3)O2)cc1[N+](=O)[O-]. The number of carbonyl (C=O) groups excluding carboxylic acids is 1. The normalized spacial score (nSPS) is 15.1. The zero-order valence-corrected chi connectivity index (χ0v) is 17.7. The number of hydrogen-bond acceptors (Lipinski definition) is 9. The van der Waals surface area contributed by atoms with Gasteiger partial charge in [0.2, 0.25) is 23.8 Å². The van der Waals surface area contributed by atoms with Crippen LogP contribution in [-0.2, 0) is 9.53 Å². The third-order valence-corrected chi connectivity index (χ3v) is 4.65. The van der Waals surface area contributed by atoms with Crippen LogP contribution in [0.4, 0.5) is 11.4 Å². The minimum absolute atomic E-state index is 0.0692. The molecule has 1 heterocycles. The van der Waals surface area contributed by atoms with Gasteiger partial charge in [0.25, 0.3) is 5.69 Å². The molecule has 1 atom stereocenters. The van der Waals surface area contributed by atoms with Gasteiger partial charge in [-0.15, -0.1) is 5.10 Å². The molecule has 2 aromatic carbocycles. The molecule has 1 unspecified atom stereocenters. The van der Waals surface area contributed by atoms with E-state index < -0.39 is 11.2 Å². The van der Waals surface area contributed by atoms with Crippen LogP contribution in [0.15, 0.2) is 35.4 Å². The minimum Gasteiger partial charge on any atom is -0.493 e. The quantitative estimate of drug-likeness (QED) is 0.525. The van der Waals surface area contributed by atoms with Crippen molar-refractivity contribution in [3.8, 4) is 17.2 Å². The van der Waals surface area contributed by atoms with Crippen molar-refractivity contribution in [1.29, 1.82) is 0 Å². The van der Waals surface area contributed by atoms with Gasteiger partial charge in [-0.2, -0.15) is 5.01 Å². The number of amides is 1. The highest BCUT2D eigenvalue weighted by Gasteiger charge is 2.35. The first-order valence-corrected chi connectivity index (χ1v) is 9.16. The average molecular weight is 430 g/mol. The van der Waals surface area contributed by atoms with Crippen molar-refractivity contribution in [2.45, 2.75) is 13.2 Å². The number of ether oxygens (including phenoxy) is 4. The molecular weight excluding hydrogens is 408 g/mol. The maximum Gasteiger partial charge on any atom is 0.293 e. The molecule has 0 spiro atoms. The summed E-state index contributed by atoms with van der Waals surface area (Å²) in [6, 6.07) is 7.79. The van der Waals surface area contributed by atoms with Gasteiger partial charge in [-0.3, -0.25) is 14.9 Å². The number of carbonyl (C=O) groups is 1. The molecule has 0 saturated heterocycles. The van der Waals surface area contributed by atoms with Crippen molar-refractivity contribution in [2.24, 2.45) is 5.10 Å². The van der Waals surface area contributed by atoms with E-state index in [0.717, 1.165) is 5.01 Å². The van der Waals surface area contributed by atoms with Crippen molar-refractivity contribution >= 4 is 23.2 Å². The summed E-state index contributed by atoms with van der Waals surface area (Å²) in [7, 11) is 6.02. The fourth-order valence-electron chi connectivity index (χ4n) is 3.17. The van der Waals surface area contributed by atoms with E-state index in [2.05, 4.69) is 10.4 Å². The fourth-order valence-corrected chi connectivity index (χ4v) is 3.17. The van der Waals surface area contributed by atoms with Crippen LogP contribution in [0.25, 0.3) is 0 Å². The second-order valence-corrected chi connectivity index (χ2v) is 6.44. The molecule has 0 fully saturated rings. The van der Waals surface area contributed by atoms with Gasteiger partial charge < -0.3 is 24.3 Å². The lowest BCUT2D eigenvalue weighted by molar-refractivity contribution is -0.384. The molecule has 0 saturated carbocycles. The van der Waals surface area contributed by atoms with E-state index in [9.17, 15) is 14.9 Å². The molecule has 1 amide bonds. The second kappa shape index (κ2) is 8.78. The van der Waals surface area contributed by atoms with Crippen LogP contribution in [0.5, 0.6) is 17.2 Å². The molecule has 11 heteroatoms. The number of nitro benzene ring substituents is 1. The standard InChI is InChI=1S/C20H22N4O7/c1-11(25)23-20(13-9-16(28-3)18(30-5)17(10-13)29-4)31-19(22-23)12-6-7-14(21-2)15(8-12)24(26)27/h6-10,20-21H,1-5H3. The maximum atomic E-state index is 12.2. The predicted octanol–water partition coefficient (Wildman–Crippen LogP) is 2.90. The number of hydrazone groups is 1. The first kappa shape index (κ1) is 21.7. The summed E-state index contributed by atoms with van der Waals surface area (Å²) in [5.41, 5.74) is 1.07. The molecule has 0 radical (unpaired) electrons.